The van der Waals surface area contributed by atoms with Crippen LogP contribution in [-0.4, -0.2) is 16.5 Å². The van der Waals surface area contributed by atoms with E-state index in [0.717, 1.165) is 41.5 Å². The fraction of sp³-hybridized carbons (Fsp3) is 0.714. The van der Waals surface area contributed by atoms with Gasteiger partial charge < -0.3 is 5.32 Å². The van der Waals surface area contributed by atoms with E-state index in [0.29, 0.717) is 5.41 Å². The quantitative estimate of drug-likeness (QED) is 0.812. The molecule has 18 heavy (non-hydrogen) atoms. The second-order valence-electron chi connectivity index (χ2n) is 5.73. The summed E-state index contributed by atoms with van der Waals surface area (Å²) in [4.78, 5) is 8.98. The van der Waals surface area contributed by atoms with Crippen molar-refractivity contribution in [1.82, 2.24) is 9.97 Å². The molecular weight excluding hydrogens is 290 g/mol. The summed E-state index contributed by atoms with van der Waals surface area (Å²) >= 11 is 3.47. The van der Waals surface area contributed by atoms with E-state index in [1.165, 1.54) is 25.7 Å². The van der Waals surface area contributed by atoms with Gasteiger partial charge in [0.15, 0.2) is 0 Å². The summed E-state index contributed by atoms with van der Waals surface area (Å²) in [7, 11) is 0. The van der Waals surface area contributed by atoms with E-state index >= 15 is 0 Å². The van der Waals surface area contributed by atoms with E-state index < -0.39 is 0 Å². The Morgan fingerprint density at radius 3 is 2.78 bits per heavy atom. The van der Waals surface area contributed by atoms with E-state index in [1.807, 2.05) is 6.07 Å². The smallest absolute Gasteiger partial charge is 0.132 e. The van der Waals surface area contributed by atoms with Crippen LogP contribution in [0.15, 0.2) is 10.7 Å². The molecule has 3 nitrogen and oxygen atoms in total. The van der Waals surface area contributed by atoms with Crippen molar-refractivity contribution in [2.24, 2.45) is 11.3 Å². The molecule has 1 N–H and O–H groups in total. The third kappa shape index (κ3) is 2.68. The molecule has 2 aliphatic carbocycles. The molecule has 3 rings (SSSR count). The van der Waals surface area contributed by atoms with Crippen LogP contribution in [0.3, 0.4) is 0 Å². The second kappa shape index (κ2) is 4.80. The first-order valence-electron chi connectivity index (χ1n) is 6.99. The fourth-order valence-corrected chi connectivity index (χ4v) is 3.16. The Morgan fingerprint density at radius 1 is 1.39 bits per heavy atom. The number of hydrogen-bond acceptors (Lipinski definition) is 3. The highest BCUT2D eigenvalue weighted by molar-refractivity contribution is 9.10. The molecule has 1 heterocycles. The maximum atomic E-state index is 4.58. The van der Waals surface area contributed by atoms with Crippen molar-refractivity contribution in [2.75, 3.05) is 11.9 Å². The third-order valence-corrected chi connectivity index (χ3v) is 4.58. The summed E-state index contributed by atoms with van der Waals surface area (Å²) in [6.07, 6.45) is 7.72. The Kier molecular flexibility index (Phi) is 3.31. The Hall–Kier alpha value is -0.640. The number of rotatable bonds is 6. The molecule has 0 aromatic carbocycles. The van der Waals surface area contributed by atoms with Gasteiger partial charge in [0, 0.05) is 19.0 Å². The number of aromatic nitrogens is 2. The lowest BCUT2D eigenvalue weighted by atomic mass is 10.0. The summed E-state index contributed by atoms with van der Waals surface area (Å²) in [6.45, 7) is 3.25. The van der Waals surface area contributed by atoms with Gasteiger partial charge >= 0.3 is 0 Å². The third-order valence-electron chi connectivity index (χ3n) is 4.17. The number of anilines is 1. The molecule has 1 aromatic heterocycles. The number of hydrogen-bond donors (Lipinski definition) is 1. The van der Waals surface area contributed by atoms with Crippen molar-refractivity contribution in [1.29, 1.82) is 0 Å². The lowest BCUT2D eigenvalue weighted by molar-refractivity contribution is 0.466. The van der Waals surface area contributed by atoms with Crippen molar-refractivity contribution in [2.45, 2.75) is 45.4 Å². The summed E-state index contributed by atoms with van der Waals surface area (Å²) in [5.41, 5.74) is 0.613. The van der Waals surface area contributed by atoms with Gasteiger partial charge in [-0.05, 0) is 59.4 Å². The van der Waals surface area contributed by atoms with Gasteiger partial charge in [0.25, 0.3) is 0 Å². The van der Waals surface area contributed by atoms with Crippen molar-refractivity contribution in [3.8, 4) is 0 Å². The Morgan fingerprint density at radius 2 is 2.17 bits per heavy atom. The van der Waals surface area contributed by atoms with Gasteiger partial charge in [-0.2, -0.15) is 0 Å². The Labute approximate surface area is 117 Å². The monoisotopic (exact) mass is 309 g/mol. The topological polar surface area (TPSA) is 37.8 Å². The molecule has 0 saturated heterocycles. The molecule has 0 bridgehead atoms. The molecule has 0 unspecified atom stereocenters. The van der Waals surface area contributed by atoms with Crippen molar-refractivity contribution < 1.29 is 0 Å². The van der Waals surface area contributed by atoms with Gasteiger partial charge in [-0.15, -0.1) is 0 Å². The zero-order chi connectivity index (χ0) is 12.6. The first-order chi connectivity index (χ1) is 8.72. The molecule has 0 spiro atoms. The normalized spacial score (nSPS) is 20.8. The van der Waals surface area contributed by atoms with E-state index in [2.05, 4.69) is 38.1 Å². The predicted octanol–water partition coefficient (Wildman–Crippen LogP) is 3.79. The van der Waals surface area contributed by atoms with Crippen molar-refractivity contribution >= 4 is 21.7 Å². The summed E-state index contributed by atoms with van der Waals surface area (Å²) < 4.78 is 0.889. The largest absolute Gasteiger partial charge is 0.369 e. The van der Waals surface area contributed by atoms with Gasteiger partial charge in [0.05, 0.1) is 0 Å². The maximum absolute atomic E-state index is 4.58. The first kappa shape index (κ1) is 12.4. The Bertz CT molecular complexity index is 439. The highest BCUT2D eigenvalue weighted by atomic mass is 79.9. The average molecular weight is 310 g/mol. The molecule has 2 saturated carbocycles. The standard InChI is InChI=1S/C14H20BrN3/c1-2-3-12-17-11(15)8-13(18-12)16-9-14(6-7-14)10-4-5-10/h8,10H,2-7,9H2,1H3,(H,16,17,18). The molecule has 0 atom stereocenters. The first-order valence-corrected chi connectivity index (χ1v) is 7.78. The lowest BCUT2D eigenvalue weighted by Crippen LogP contribution is -2.18. The molecule has 1 aromatic rings. The zero-order valence-electron chi connectivity index (χ0n) is 10.9. The van der Waals surface area contributed by atoms with Gasteiger partial charge in [0.2, 0.25) is 0 Å². The minimum absolute atomic E-state index is 0.613. The number of nitrogens with one attached hydrogen (secondary N) is 1. The van der Waals surface area contributed by atoms with Crippen LogP contribution in [0, 0.1) is 11.3 Å². The minimum Gasteiger partial charge on any atom is -0.369 e. The van der Waals surface area contributed by atoms with Crippen LogP contribution < -0.4 is 5.32 Å². The predicted molar refractivity (Wildman–Crippen MR) is 76.6 cm³/mol. The van der Waals surface area contributed by atoms with Crippen LogP contribution in [0.2, 0.25) is 0 Å². The SMILES string of the molecule is CCCc1nc(Br)cc(NCC2(C3CC3)CC2)n1. The summed E-state index contributed by atoms with van der Waals surface area (Å²) in [5.74, 6) is 2.91. The van der Waals surface area contributed by atoms with Crippen molar-refractivity contribution in [3.05, 3.63) is 16.5 Å². The molecular formula is C14H20BrN3. The van der Waals surface area contributed by atoms with E-state index in [4.69, 9.17) is 0 Å². The minimum atomic E-state index is 0.613. The van der Waals surface area contributed by atoms with Crippen LogP contribution in [0.25, 0.3) is 0 Å². The highest BCUT2D eigenvalue weighted by Gasteiger charge is 2.53. The van der Waals surface area contributed by atoms with E-state index in [-0.39, 0.29) is 0 Å². The molecule has 0 amide bonds. The summed E-state index contributed by atoms with van der Waals surface area (Å²) in [5, 5.41) is 3.53. The fourth-order valence-electron chi connectivity index (χ4n) is 2.74. The average Bonchev–Trinajstić information content (AvgIpc) is 3.19. The molecule has 4 heteroatoms. The van der Waals surface area contributed by atoms with Gasteiger partial charge in [-0.1, -0.05) is 6.92 Å². The summed E-state index contributed by atoms with van der Waals surface area (Å²) in [6, 6.07) is 1.99. The zero-order valence-corrected chi connectivity index (χ0v) is 12.5. The van der Waals surface area contributed by atoms with Crippen LogP contribution in [0.1, 0.15) is 44.9 Å². The van der Waals surface area contributed by atoms with E-state index in [1.54, 1.807) is 0 Å². The maximum Gasteiger partial charge on any atom is 0.132 e. The second-order valence-corrected chi connectivity index (χ2v) is 6.54. The number of halogens is 1. The molecule has 2 fully saturated rings. The Balaban J connectivity index is 1.64. The molecule has 0 radical (unpaired) electrons. The van der Waals surface area contributed by atoms with Gasteiger partial charge in [-0.3, -0.25) is 0 Å². The number of aryl methyl sites for hydroxylation is 1. The van der Waals surface area contributed by atoms with Crippen LogP contribution >= 0.6 is 15.9 Å². The van der Waals surface area contributed by atoms with E-state index in [9.17, 15) is 0 Å². The molecule has 98 valence electrons. The van der Waals surface area contributed by atoms with Gasteiger partial charge in [-0.25, -0.2) is 9.97 Å². The molecule has 2 aliphatic rings. The lowest BCUT2D eigenvalue weighted by Gasteiger charge is -2.15. The van der Waals surface area contributed by atoms with Crippen LogP contribution in [0.5, 0.6) is 0 Å². The van der Waals surface area contributed by atoms with Crippen LogP contribution in [-0.2, 0) is 6.42 Å². The molecule has 0 aliphatic heterocycles. The van der Waals surface area contributed by atoms with Crippen molar-refractivity contribution in [3.63, 3.8) is 0 Å². The number of nitrogens with zero attached hydrogens (tertiary/aromatic N) is 2. The van der Waals surface area contributed by atoms with Crippen LogP contribution in [0.4, 0.5) is 5.82 Å². The van der Waals surface area contributed by atoms with Gasteiger partial charge in [0.1, 0.15) is 16.2 Å². The highest BCUT2D eigenvalue weighted by Crippen LogP contribution is 2.61.